The van der Waals surface area contributed by atoms with E-state index >= 15 is 0 Å². The van der Waals surface area contributed by atoms with Gasteiger partial charge in [0, 0.05) is 14.7 Å². The van der Waals surface area contributed by atoms with Gasteiger partial charge in [-0.05, 0) is 78.5 Å². The van der Waals surface area contributed by atoms with Gasteiger partial charge in [0.2, 0.25) is 0 Å². The van der Waals surface area contributed by atoms with Gasteiger partial charge >= 0.3 is 0 Å². The van der Waals surface area contributed by atoms with Crippen molar-refractivity contribution in [2.45, 2.75) is 46.0 Å². The molecule has 2 rings (SSSR count). The molecule has 1 aliphatic rings. The molecular formula is C16H26BrNS. The molecule has 3 atom stereocenters. The Kier molecular flexibility index (Phi) is 6.37. The van der Waals surface area contributed by atoms with Crippen LogP contribution in [0.4, 0.5) is 0 Å². The Labute approximate surface area is 130 Å². The standard InChI is InChI=1S/C16H26BrNS/c1-3-6-18-10-13-5-4-12(2)7-14(13)8-16-9-15(17)11-19-16/h9,11-14,18H,3-8,10H2,1-2H3. The molecule has 1 aromatic rings. The summed E-state index contributed by atoms with van der Waals surface area (Å²) >= 11 is 5.48. The number of rotatable bonds is 6. The van der Waals surface area contributed by atoms with Crippen LogP contribution in [0.25, 0.3) is 0 Å². The molecule has 1 saturated carbocycles. The predicted octanol–water partition coefficient (Wildman–Crippen LogP) is 5.11. The van der Waals surface area contributed by atoms with Gasteiger partial charge in [0.25, 0.3) is 0 Å². The molecule has 1 N–H and O–H groups in total. The van der Waals surface area contributed by atoms with E-state index < -0.39 is 0 Å². The molecule has 3 heteroatoms. The molecule has 0 aliphatic heterocycles. The lowest BCUT2D eigenvalue weighted by atomic mass is 9.73. The molecule has 1 aliphatic carbocycles. The van der Waals surface area contributed by atoms with Crippen LogP contribution in [0.3, 0.4) is 0 Å². The normalized spacial score (nSPS) is 27.6. The molecular weight excluding hydrogens is 318 g/mol. The van der Waals surface area contributed by atoms with Gasteiger partial charge in [-0.15, -0.1) is 11.3 Å². The Bertz CT molecular complexity index is 377. The Hall–Kier alpha value is 0.140. The molecule has 0 bridgehead atoms. The first-order chi connectivity index (χ1) is 9.19. The molecule has 0 saturated heterocycles. The number of halogens is 1. The molecule has 0 aromatic carbocycles. The van der Waals surface area contributed by atoms with Crippen molar-refractivity contribution in [2.24, 2.45) is 17.8 Å². The third-order valence-electron chi connectivity index (χ3n) is 4.32. The zero-order chi connectivity index (χ0) is 13.7. The van der Waals surface area contributed by atoms with Crippen LogP contribution in [0.5, 0.6) is 0 Å². The largest absolute Gasteiger partial charge is 0.316 e. The Morgan fingerprint density at radius 1 is 1.37 bits per heavy atom. The highest BCUT2D eigenvalue weighted by molar-refractivity contribution is 9.10. The van der Waals surface area contributed by atoms with Crippen LogP contribution in [0, 0.1) is 17.8 Å². The molecule has 19 heavy (non-hydrogen) atoms. The topological polar surface area (TPSA) is 12.0 Å². The second-order valence-electron chi connectivity index (χ2n) is 6.08. The molecule has 0 amide bonds. The molecule has 1 nitrogen and oxygen atoms in total. The van der Waals surface area contributed by atoms with Gasteiger partial charge in [0.1, 0.15) is 0 Å². The lowest BCUT2D eigenvalue weighted by Gasteiger charge is -2.35. The van der Waals surface area contributed by atoms with Crippen LogP contribution in [0.1, 0.15) is 44.4 Å². The van der Waals surface area contributed by atoms with E-state index in [-0.39, 0.29) is 0 Å². The first kappa shape index (κ1) is 15.5. The maximum absolute atomic E-state index is 3.63. The maximum atomic E-state index is 3.63. The predicted molar refractivity (Wildman–Crippen MR) is 88.9 cm³/mol. The van der Waals surface area contributed by atoms with Crippen molar-refractivity contribution in [3.8, 4) is 0 Å². The zero-order valence-corrected chi connectivity index (χ0v) is 14.5. The SMILES string of the molecule is CCCNCC1CCC(C)CC1Cc1cc(Br)cs1. The number of hydrogen-bond donors (Lipinski definition) is 1. The lowest BCUT2D eigenvalue weighted by molar-refractivity contribution is 0.184. The van der Waals surface area contributed by atoms with E-state index in [1.54, 1.807) is 4.88 Å². The number of nitrogens with one attached hydrogen (secondary N) is 1. The van der Waals surface area contributed by atoms with E-state index in [2.05, 4.69) is 46.5 Å². The number of hydrogen-bond acceptors (Lipinski definition) is 2. The van der Waals surface area contributed by atoms with E-state index in [9.17, 15) is 0 Å². The van der Waals surface area contributed by atoms with E-state index in [1.807, 2.05) is 11.3 Å². The van der Waals surface area contributed by atoms with Gasteiger partial charge in [0.15, 0.2) is 0 Å². The van der Waals surface area contributed by atoms with Gasteiger partial charge < -0.3 is 5.32 Å². The monoisotopic (exact) mass is 343 g/mol. The van der Waals surface area contributed by atoms with E-state index in [0.29, 0.717) is 0 Å². The van der Waals surface area contributed by atoms with Crippen molar-refractivity contribution in [3.05, 3.63) is 20.8 Å². The lowest BCUT2D eigenvalue weighted by Crippen LogP contribution is -2.34. The molecule has 108 valence electrons. The minimum atomic E-state index is 0.874. The van der Waals surface area contributed by atoms with Crippen LogP contribution >= 0.6 is 27.3 Å². The molecule has 0 radical (unpaired) electrons. The molecule has 0 spiro atoms. The van der Waals surface area contributed by atoms with Crippen molar-refractivity contribution in [1.29, 1.82) is 0 Å². The van der Waals surface area contributed by atoms with Crippen molar-refractivity contribution in [1.82, 2.24) is 5.32 Å². The van der Waals surface area contributed by atoms with Gasteiger partial charge in [0.05, 0.1) is 0 Å². The zero-order valence-electron chi connectivity index (χ0n) is 12.1. The minimum Gasteiger partial charge on any atom is -0.316 e. The highest BCUT2D eigenvalue weighted by Gasteiger charge is 2.28. The van der Waals surface area contributed by atoms with Crippen LogP contribution in [-0.4, -0.2) is 13.1 Å². The smallest absolute Gasteiger partial charge is 0.0285 e. The molecule has 3 unspecified atom stereocenters. The molecule has 1 aromatic heterocycles. The minimum absolute atomic E-state index is 0.874. The fraction of sp³-hybridized carbons (Fsp3) is 0.750. The summed E-state index contributed by atoms with van der Waals surface area (Å²) in [5.41, 5.74) is 0. The van der Waals surface area contributed by atoms with Gasteiger partial charge in [-0.3, -0.25) is 0 Å². The van der Waals surface area contributed by atoms with Crippen LogP contribution in [0.2, 0.25) is 0 Å². The Morgan fingerprint density at radius 2 is 2.21 bits per heavy atom. The van der Waals surface area contributed by atoms with Crippen molar-refractivity contribution < 1.29 is 0 Å². The Balaban J connectivity index is 1.91. The van der Waals surface area contributed by atoms with E-state index in [4.69, 9.17) is 0 Å². The summed E-state index contributed by atoms with van der Waals surface area (Å²) in [6, 6.07) is 2.31. The summed E-state index contributed by atoms with van der Waals surface area (Å²) in [5, 5.41) is 5.85. The summed E-state index contributed by atoms with van der Waals surface area (Å²) in [4.78, 5) is 1.55. The summed E-state index contributed by atoms with van der Waals surface area (Å²) in [6.45, 7) is 7.06. The third-order valence-corrected chi connectivity index (χ3v) is 6.04. The van der Waals surface area contributed by atoms with E-state index in [1.165, 1.54) is 49.7 Å². The molecule has 1 heterocycles. The van der Waals surface area contributed by atoms with Gasteiger partial charge in [-0.2, -0.15) is 0 Å². The van der Waals surface area contributed by atoms with Crippen LogP contribution in [0.15, 0.2) is 15.9 Å². The summed E-state index contributed by atoms with van der Waals surface area (Å²) in [5.74, 6) is 2.66. The average molecular weight is 344 g/mol. The third kappa shape index (κ3) is 4.87. The fourth-order valence-corrected chi connectivity index (χ4v) is 4.81. The van der Waals surface area contributed by atoms with Crippen LogP contribution in [-0.2, 0) is 6.42 Å². The van der Waals surface area contributed by atoms with Crippen molar-refractivity contribution in [2.75, 3.05) is 13.1 Å². The van der Waals surface area contributed by atoms with Crippen molar-refractivity contribution in [3.63, 3.8) is 0 Å². The highest BCUT2D eigenvalue weighted by atomic mass is 79.9. The summed E-state index contributed by atoms with van der Waals surface area (Å²) in [7, 11) is 0. The number of thiophene rings is 1. The fourth-order valence-electron chi connectivity index (χ4n) is 3.26. The van der Waals surface area contributed by atoms with Gasteiger partial charge in [-0.1, -0.05) is 20.3 Å². The average Bonchev–Trinajstić information content (AvgIpc) is 2.78. The Morgan fingerprint density at radius 3 is 2.89 bits per heavy atom. The second kappa shape index (κ2) is 7.80. The summed E-state index contributed by atoms with van der Waals surface area (Å²) in [6.07, 6.45) is 6.76. The molecule has 1 fully saturated rings. The van der Waals surface area contributed by atoms with Gasteiger partial charge in [-0.25, -0.2) is 0 Å². The maximum Gasteiger partial charge on any atom is 0.0285 e. The van der Waals surface area contributed by atoms with Crippen molar-refractivity contribution >= 4 is 27.3 Å². The van der Waals surface area contributed by atoms with Crippen LogP contribution < -0.4 is 5.32 Å². The highest BCUT2D eigenvalue weighted by Crippen LogP contribution is 2.36. The first-order valence-electron chi connectivity index (χ1n) is 7.62. The summed E-state index contributed by atoms with van der Waals surface area (Å²) < 4.78 is 1.25. The first-order valence-corrected chi connectivity index (χ1v) is 9.30. The second-order valence-corrected chi connectivity index (χ2v) is 7.99. The quantitative estimate of drug-likeness (QED) is 0.708. The van der Waals surface area contributed by atoms with E-state index in [0.717, 1.165) is 17.8 Å².